The fraction of sp³-hybridized carbons (Fsp3) is 1.00. The molecule has 0 saturated heterocycles. The number of hydrogen-bond donors (Lipinski definition) is 2. The highest BCUT2D eigenvalue weighted by atomic mass is 16.3. The van der Waals surface area contributed by atoms with Crippen molar-refractivity contribution >= 4 is 0 Å². The van der Waals surface area contributed by atoms with Crippen molar-refractivity contribution in [2.45, 2.75) is 51.7 Å². The van der Waals surface area contributed by atoms with Crippen LogP contribution >= 0.6 is 0 Å². The lowest BCUT2D eigenvalue weighted by molar-refractivity contribution is 0.0419. The molecule has 1 aliphatic carbocycles. The first-order valence-corrected chi connectivity index (χ1v) is 5.13. The summed E-state index contributed by atoms with van der Waals surface area (Å²) in [5.74, 6) is 0.735. The molecule has 0 heterocycles. The van der Waals surface area contributed by atoms with Gasteiger partial charge in [0.25, 0.3) is 0 Å². The third-order valence-corrected chi connectivity index (χ3v) is 2.69. The second kappa shape index (κ2) is 4.83. The average Bonchev–Trinajstić information content (AvgIpc) is 1.96. The van der Waals surface area contributed by atoms with Crippen molar-refractivity contribution in [1.29, 1.82) is 0 Å². The molecule has 0 aromatic rings. The zero-order valence-electron chi connectivity index (χ0n) is 8.21. The van der Waals surface area contributed by atoms with Gasteiger partial charge in [-0.05, 0) is 38.6 Å². The van der Waals surface area contributed by atoms with Crippen LogP contribution in [0.4, 0.5) is 0 Å². The van der Waals surface area contributed by atoms with Gasteiger partial charge in [-0.1, -0.05) is 13.3 Å². The molecular weight excluding hydrogens is 150 g/mol. The first-order chi connectivity index (χ1) is 5.72. The summed E-state index contributed by atoms with van der Waals surface area (Å²) < 4.78 is 0. The SMILES string of the molecule is CCCC(C)NCC1CC(O)C1. The van der Waals surface area contributed by atoms with Gasteiger partial charge in [0.1, 0.15) is 0 Å². The summed E-state index contributed by atoms with van der Waals surface area (Å²) in [5.41, 5.74) is 0. The first kappa shape index (κ1) is 10.0. The molecular formula is C10H21NO. The van der Waals surface area contributed by atoms with Crippen molar-refractivity contribution in [3.63, 3.8) is 0 Å². The van der Waals surface area contributed by atoms with Gasteiger partial charge >= 0.3 is 0 Å². The summed E-state index contributed by atoms with van der Waals surface area (Å²) in [4.78, 5) is 0. The molecule has 0 bridgehead atoms. The highest BCUT2D eigenvalue weighted by Crippen LogP contribution is 2.26. The van der Waals surface area contributed by atoms with Crippen LogP contribution in [0, 0.1) is 5.92 Å². The van der Waals surface area contributed by atoms with Crippen LogP contribution in [-0.2, 0) is 0 Å². The third-order valence-electron chi connectivity index (χ3n) is 2.69. The fourth-order valence-electron chi connectivity index (χ4n) is 1.77. The van der Waals surface area contributed by atoms with Crippen molar-refractivity contribution in [3.8, 4) is 0 Å². The summed E-state index contributed by atoms with van der Waals surface area (Å²) in [6.45, 7) is 5.54. The summed E-state index contributed by atoms with van der Waals surface area (Å²) >= 11 is 0. The van der Waals surface area contributed by atoms with Crippen LogP contribution in [-0.4, -0.2) is 23.8 Å². The maximum absolute atomic E-state index is 9.06. The summed E-state index contributed by atoms with van der Waals surface area (Å²) in [6, 6.07) is 0.646. The van der Waals surface area contributed by atoms with E-state index in [2.05, 4.69) is 19.2 Å². The second-order valence-corrected chi connectivity index (χ2v) is 4.09. The molecule has 0 aromatic heterocycles. The highest BCUT2D eigenvalue weighted by molar-refractivity contribution is 4.80. The molecule has 1 fully saturated rings. The number of aliphatic hydroxyl groups is 1. The van der Waals surface area contributed by atoms with Crippen LogP contribution in [0.1, 0.15) is 39.5 Å². The highest BCUT2D eigenvalue weighted by Gasteiger charge is 2.26. The minimum Gasteiger partial charge on any atom is -0.393 e. The van der Waals surface area contributed by atoms with E-state index in [1.807, 2.05) is 0 Å². The maximum Gasteiger partial charge on any atom is 0.0546 e. The molecule has 0 radical (unpaired) electrons. The van der Waals surface area contributed by atoms with Crippen LogP contribution < -0.4 is 5.32 Å². The van der Waals surface area contributed by atoms with Crippen molar-refractivity contribution < 1.29 is 5.11 Å². The van der Waals surface area contributed by atoms with E-state index in [4.69, 9.17) is 5.11 Å². The Bertz CT molecular complexity index is 116. The Morgan fingerprint density at radius 1 is 1.50 bits per heavy atom. The van der Waals surface area contributed by atoms with Crippen molar-refractivity contribution in [2.75, 3.05) is 6.54 Å². The summed E-state index contributed by atoms with van der Waals surface area (Å²) in [5, 5.41) is 12.6. The topological polar surface area (TPSA) is 32.3 Å². The Balaban J connectivity index is 1.95. The molecule has 1 aliphatic rings. The van der Waals surface area contributed by atoms with Crippen molar-refractivity contribution in [2.24, 2.45) is 5.92 Å². The van der Waals surface area contributed by atoms with Gasteiger partial charge in [-0.15, -0.1) is 0 Å². The zero-order valence-corrected chi connectivity index (χ0v) is 8.21. The number of nitrogens with one attached hydrogen (secondary N) is 1. The molecule has 1 saturated carbocycles. The predicted octanol–water partition coefficient (Wildman–Crippen LogP) is 1.54. The molecule has 72 valence electrons. The molecule has 12 heavy (non-hydrogen) atoms. The molecule has 1 unspecified atom stereocenters. The standard InChI is InChI=1S/C10H21NO/c1-3-4-8(2)11-7-9-5-10(12)6-9/h8-12H,3-7H2,1-2H3. The normalized spacial score (nSPS) is 31.2. The Labute approximate surface area is 75.4 Å². The lowest BCUT2D eigenvalue weighted by Gasteiger charge is -2.32. The van der Waals surface area contributed by atoms with Gasteiger partial charge in [-0.2, -0.15) is 0 Å². The van der Waals surface area contributed by atoms with E-state index in [1.165, 1.54) is 12.8 Å². The van der Waals surface area contributed by atoms with E-state index < -0.39 is 0 Å². The van der Waals surface area contributed by atoms with Gasteiger partial charge in [0.05, 0.1) is 6.10 Å². The van der Waals surface area contributed by atoms with Crippen molar-refractivity contribution in [1.82, 2.24) is 5.32 Å². The minimum absolute atomic E-state index is 0.00159. The smallest absolute Gasteiger partial charge is 0.0546 e. The number of hydrogen-bond acceptors (Lipinski definition) is 2. The monoisotopic (exact) mass is 171 g/mol. The van der Waals surface area contributed by atoms with Crippen LogP contribution in [0.3, 0.4) is 0 Å². The Kier molecular flexibility index (Phi) is 4.02. The molecule has 0 aromatic carbocycles. The molecule has 2 nitrogen and oxygen atoms in total. The van der Waals surface area contributed by atoms with E-state index in [-0.39, 0.29) is 6.10 Å². The minimum atomic E-state index is -0.00159. The Morgan fingerprint density at radius 2 is 2.17 bits per heavy atom. The van der Waals surface area contributed by atoms with Crippen molar-refractivity contribution in [3.05, 3.63) is 0 Å². The zero-order chi connectivity index (χ0) is 8.97. The van der Waals surface area contributed by atoms with E-state index in [0.717, 1.165) is 25.3 Å². The van der Waals surface area contributed by atoms with Gasteiger partial charge in [-0.3, -0.25) is 0 Å². The van der Waals surface area contributed by atoms with Crippen LogP contribution in [0.15, 0.2) is 0 Å². The van der Waals surface area contributed by atoms with E-state index in [1.54, 1.807) is 0 Å². The number of rotatable bonds is 5. The molecule has 0 aliphatic heterocycles. The van der Waals surface area contributed by atoms with E-state index in [9.17, 15) is 0 Å². The summed E-state index contributed by atoms with van der Waals surface area (Å²) in [6.07, 6.45) is 4.52. The quantitative estimate of drug-likeness (QED) is 0.657. The first-order valence-electron chi connectivity index (χ1n) is 5.13. The molecule has 2 N–H and O–H groups in total. The molecule has 0 spiro atoms. The Hall–Kier alpha value is -0.0800. The lowest BCUT2D eigenvalue weighted by Crippen LogP contribution is -2.39. The molecule has 1 atom stereocenters. The van der Waals surface area contributed by atoms with Gasteiger partial charge in [0.15, 0.2) is 0 Å². The average molecular weight is 171 g/mol. The molecule has 2 heteroatoms. The lowest BCUT2D eigenvalue weighted by atomic mass is 9.82. The predicted molar refractivity (Wildman–Crippen MR) is 51.1 cm³/mol. The Morgan fingerprint density at radius 3 is 2.67 bits per heavy atom. The second-order valence-electron chi connectivity index (χ2n) is 4.09. The van der Waals surface area contributed by atoms with Crippen LogP contribution in [0.2, 0.25) is 0 Å². The fourth-order valence-corrected chi connectivity index (χ4v) is 1.77. The van der Waals surface area contributed by atoms with E-state index in [0.29, 0.717) is 6.04 Å². The van der Waals surface area contributed by atoms with Crippen LogP contribution in [0.25, 0.3) is 0 Å². The third kappa shape index (κ3) is 3.11. The van der Waals surface area contributed by atoms with Gasteiger partial charge in [-0.25, -0.2) is 0 Å². The largest absolute Gasteiger partial charge is 0.393 e. The van der Waals surface area contributed by atoms with E-state index >= 15 is 0 Å². The van der Waals surface area contributed by atoms with Gasteiger partial charge < -0.3 is 10.4 Å². The number of aliphatic hydroxyl groups excluding tert-OH is 1. The van der Waals surface area contributed by atoms with Crippen LogP contribution in [0.5, 0.6) is 0 Å². The summed E-state index contributed by atoms with van der Waals surface area (Å²) in [7, 11) is 0. The van der Waals surface area contributed by atoms with Gasteiger partial charge in [0.2, 0.25) is 0 Å². The van der Waals surface area contributed by atoms with Gasteiger partial charge in [0, 0.05) is 6.04 Å². The molecule has 0 amide bonds. The molecule has 1 rings (SSSR count). The maximum atomic E-state index is 9.06.